The lowest BCUT2D eigenvalue weighted by Crippen LogP contribution is -2.45. The average molecular weight is 339 g/mol. The zero-order valence-corrected chi connectivity index (χ0v) is 15.6. The minimum absolute atomic E-state index is 0.0529. The molecule has 1 N–H and O–H groups in total. The molecule has 2 rings (SSSR count). The predicted octanol–water partition coefficient (Wildman–Crippen LogP) is 3.46. The number of nitrogens with zero attached hydrogens (tertiary/aromatic N) is 2. The Morgan fingerprint density at radius 1 is 1.23 bits per heavy atom. The zero-order valence-electron chi connectivity index (χ0n) is 13.9. The third-order valence-corrected chi connectivity index (χ3v) is 5.59. The van der Waals surface area contributed by atoms with E-state index in [2.05, 4.69) is 43.7 Å². The number of piperazine rings is 1. The van der Waals surface area contributed by atoms with Gasteiger partial charge >= 0.3 is 0 Å². The van der Waals surface area contributed by atoms with Gasteiger partial charge in [-0.15, -0.1) is 0 Å². The fourth-order valence-corrected chi connectivity index (χ4v) is 3.69. The monoisotopic (exact) mass is 338 g/mol. The first-order chi connectivity index (χ1) is 10.3. The molecule has 3 nitrogen and oxygen atoms in total. The summed E-state index contributed by atoms with van der Waals surface area (Å²) in [6.45, 7) is 10.5. The fourth-order valence-electron chi connectivity index (χ4n) is 2.50. The van der Waals surface area contributed by atoms with Crippen LogP contribution in [-0.4, -0.2) is 52.5 Å². The Labute approximate surface area is 143 Å². The van der Waals surface area contributed by atoms with E-state index in [1.807, 2.05) is 6.07 Å². The summed E-state index contributed by atoms with van der Waals surface area (Å²) in [5, 5.41) is 10.0. The highest BCUT2D eigenvalue weighted by Gasteiger charge is 2.19. The quantitative estimate of drug-likeness (QED) is 0.834. The van der Waals surface area contributed by atoms with Crippen molar-refractivity contribution in [1.29, 1.82) is 0 Å². The highest BCUT2D eigenvalue weighted by atomic mass is 32.2. The van der Waals surface area contributed by atoms with Crippen molar-refractivity contribution in [2.75, 3.05) is 33.2 Å². The van der Waals surface area contributed by atoms with Gasteiger partial charge in [0, 0.05) is 31.9 Å². The van der Waals surface area contributed by atoms with E-state index in [1.54, 1.807) is 17.8 Å². The van der Waals surface area contributed by atoms with Crippen molar-refractivity contribution in [2.45, 2.75) is 31.9 Å². The number of thioether (sulfide) groups is 1. The SMILES string of the molecule is CN1CCN(C(=S)SCc2ccc(O)c(C(C)(C)C)c2)CC1. The van der Waals surface area contributed by atoms with Crippen LogP contribution in [0.2, 0.25) is 0 Å². The third kappa shape index (κ3) is 4.61. The van der Waals surface area contributed by atoms with Crippen LogP contribution >= 0.6 is 24.0 Å². The zero-order chi connectivity index (χ0) is 16.3. The van der Waals surface area contributed by atoms with Crippen LogP contribution in [0.4, 0.5) is 0 Å². The largest absolute Gasteiger partial charge is 0.508 e. The molecule has 1 aromatic carbocycles. The second kappa shape index (κ2) is 7.20. The topological polar surface area (TPSA) is 26.7 Å². The number of hydrogen-bond acceptors (Lipinski definition) is 4. The average Bonchev–Trinajstić information content (AvgIpc) is 2.45. The number of phenolic OH excluding ortho intramolecular Hbond substituents is 1. The first-order valence-electron chi connectivity index (χ1n) is 7.70. The highest BCUT2D eigenvalue weighted by molar-refractivity contribution is 8.22. The Hall–Kier alpha value is -0.780. The maximum atomic E-state index is 10.0. The van der Waals surface area contributed by atoms with Gasteiger partial charge in [-0.2, -0.15) is 0 Å². The minimum atomic E-state index is -0.0529. The second-order valence-corrected chi connectivity index (χ2v) is 8.56. The van der Waals surface area contributed by atoms with E-state index >= 15 is 0 Å². The molecule has 22 heavy (non-hydrogen) atoms. The van der Waals surface area contributed by atoms with E-state index in [1.165, 1.54) is 5.56 Å². The molecule has 0 saturated carbocycles. The number of benzene rings is 1. The molecule has 1 saturated heterocycles. The minimum Gasteiger partial charge on any atom is -0.508 e. The van der Waals surface area contributed by atoms with E-state index in [9.17, 15) is 5.11 Å². The van der Waals surface area contributed by atoms with Crippen molar-refractivity contribution in [1.82, 2.24) is 9.80 Å². The van der Waals surface area contributed by atoms with Gasteiger partial charge in [-0.05, 0) is 29.7 Å². The molecular formula is C17H26N2OS2. The highest BCUT2D eigenvalue weighted by Crippen LogP contribution is 2.32. The summed E-state index contributed by atoms with van der Waals surface area (Å²) in [6.07, 6.45) is 0. The fraction of sp³-hybridized carbons (Fsp3) is 0.588. The molecular weight excluding hydrogens is 312 g/mol. The maximum absolute atomic E-state index is 10.0. The number of aromatic hydroxyl groups is 1. The van der Waals surface area contributed by atoms with Crippen molar-refractivity contribution in [3.05, 3.63) is 29.3 Å². The van der Waals surface area contributed by atoms with E-state index < -0.39 is 0 Å². The maximum Gasteiger partial charge on any atom is 0.136 e. The van der Waals surface area contributed by atoms with Crippen molar-refractivity contribution in [3.63, 3.8) is 0 Å². The van der Waals surface area contributed by atoms with Crippen molar-refractivity contribution < 1.29 is 5.11 Å². The van der Waals surface area contributed by atoms with E-state index in [0.29, 0.717) is 5.75 Å². The van der Waals surface area contributed by atoms with Gasteiger partial charge in [-0.25, -0.2) is 0 Å². The Balaban J connectivity index is 1.95. The van der Waals surface area contributed by atoms with Crippen LogP contribution in [0.25, 0.3) is 0 Å². The first kappa shape index (κ1) is 17.6. The van der Waals surface area contributed by atoms with Crippen LogP contribution in [-0.2, 0) is 11.2 Å². The Bertz CT molecular complexity index is 532. The van der Waals surface area contributed by atoms with Gasteiger partial charge in [0.2, 0.25) is 0 Å². The normalized spacial score (nSPS) is 16.8. The standard InChI is InChI=1S/C17H26N2OS2/c1-17(2,3)14-11-13(5-6-15(14)20)12-22-16(21)19-9-7-18(4)8-10-19/h5-6,11,20H,7-10,12H2,1-4H3. The van der Waals surface area contributed by atoms with Crippen LogP contribution in [0, 0.1) is 0 Å². The van der Waals surface area contributed by atoms with E-state index in [-0.39, 0.29) is 5.41 Å². The lowest BCUT2D eigenvalue weighted by molar-refractivity contribution is 0.220. The first-order valence-corrected chi connectivity index (χ1v) is 9.09. The molecule has 0 aliphatic carbocycles. The summed E-state index contributed by atoms with van der Waals surface area (Å²) < 4.78 is 0.985. The molecule has 0 atom stereocenters. The number of likely N-dealkylation sites (N-methyl/N-ethyl adjacent to an activating group) is 1. The van der Waals surface area contributed by atoms with Crippen molar-refractivity contribution in [3.8, 4) is 5.75 Å². The number of rotatable bonds is 2. The molecule has 5 heteroatoms. The van der Waals surface area contributed by atoms with Crippen molar-refractivity contribution in [2.24, 2.45) is 0 Å². The lowest BCUT2D eigenvalue weighted by Gasteiger charge is -2.33. The summed E-state index contributed by atoms with van der Waals surface area (Å²) in [4.78, 5) is 4.63. The van der Waals surface area contributed by atoms with Crippen molar-refractivity contribution >= 4 is 28.3 Å². The lowest BCUT2D eigenvalue weighted by atomic mass is 9.85. The summed E-state index contributed by atoms with van der Waals surface area (Å²) in [7, 11) is 2.15. The molecule has 1 aliphatic rings. The molecule has 0 unspecified atom stereocenters. The third-order valence-electron chi connectivity index (χ3n) is 3.99. The van der Waals surface area contributed by atoms with Gasteiger partial charge in [-0.1, -0.05) is 56.9 Å². The molecule has 1 aromatic rings. The molecule has 0 spiro atoms. The number of thiocarbonyl (C=S) groups is 1. The van der Waals surface area contributed by atoms with Gasteiger partial charge < -0.3 is 14.9 Å². The Morgan fingerprint density at radius 2 is 1.86 bits per heavy atom. The van der Waals surface area contributed by atoms with Crippen LogP contribution < -0.4 is 0 Å². The van der Waals surface area contributed by atoms with Gasteiger partial charge in [0.1, 0.15) is 10.1 Å². The summed E-state index contributed by atoms with van der Waals surface area (Å²) in [6, 6.07) is 5.90. The summed E-state index contributed by atoms with van der Waals surface area (Å²) >= 11 is 7.28. The van der Waals surface area contributed by atoms with Gasteiger partial charge in [0.25, 0.3) is 0 Å². The molecule has 0 radical (unpaired) electrons. The van der Waals surface area contributed by atoms with E-state index in [4.69, 9.17) is 12.2 Å². The Morgan fingerprint density at radius 3 is 2.45 bits per heavy atom. The van der Waals surface area contributed by atoms with Crippen LogP contribution in [0.3, 0.4) is 0 Å². The summed E-state index contributed by atoms with van der Waals surface area (Å²) in [5.41, 5.74) is 2.16. The Kier molecular flexibility index (Phi) is 5.75. The molecule has 0 aromatic heterocycles. The molecule has 0 bridgehead atoms. The number of phenols is 1. The smallest absolute Gasteiger partial charge is 0.136 e. The molecule has 0 amide bonds. The van der Waals surface area contributed by atoms with Crippen LogP contribution in [0.1, 0.15) is 31.9 Å². The summed E-state index contributed by atoms with van der Waals surface area (Å²) in [5.74, 6) is 1.23. The van der Waals surface area contributed by atoms with Gasteiger partial charge in [-0.3, -0.25) is 0 Å². The number of hydrogen-bond donors (Lipinski definition) is 1. The van der Waals surface area contributed by atoms with Crippen LogP contribution in [0.5, 0.6) is 5.75 Å². The predicted molar refractivity (Wildman–Crippen MR) is 99.8 cm³/mol. The second-order valence-electron chi connectivity index (χ2n) is 6.95. The molecule has 1 aliphatic heterocycles. The van der Waals surface area contributed by atoms with Gasteiger partial charge in [0.15, 0.2) is 0 Å². The van der Waals surface area contributed by atoms with Crippen LogP contribution in [0.15, 0.2) is 18.2 Å². The molecule has 122 valence electrons. The molecule has 1 fully saturated rings. The molecule has 1 heterocycles. The van der Waals surface area contributed by atoms with Gasteiger partial charge in [0.05, 0.1) is 0 Å². The van der Waals surface area contributed by atoms with E-state index in [0.717, 1.165) is 41.8 Å².